The van der Waals surface area contributed by atoms with E-state index in [4.69, 9.17) is 11.6 Å². The first-order valence-corrected chi connectivity index (χ1v) is 5.92. The third-order valence-corrected chi connectivity index (χ3v) is 3.32. The van der Waals surface area contributed by atoms with Crippen LogP contribution in [0.1, 0.15) is 33.1 Å². The van der Waals surface area contributed by atoms with E-state index in [9.17, 15) is 4.39 Å². The molecule has 1 heterocycles. The first kappa shape index (κ1) is 11.6. The van der Waals surface area contributed by atoms with E-state index in [1.54, 1.807) is 0 Å². The quantitative estimate of drug-likeness (QED) is 0.852. The largest absolute Gasteiger partial charge is 0.365 e. The smallest absolute Gasteiger partial charge is 0.166 e. The summed E-state index contributed by atoms with van der Waals surface area (Å²) in [7, 11) is 0. The van der Waals surface area contributed by atoms with Crippen molar-refractivity contribution in [2.24, 2.45) is 5.41 Å². The molecule has 1 aromatic rings. The van der Waals surface area contributed by atoms with Crippen LogP contribution >= 0.6 is 11.6 Å². The first-order valence-electron chi connectivity index (χ1n) is 5.54. The van der Waals surface area contributed by atoms with Gasteiger partial charge in [0.05, 0.1) is 5.02 Å². The number of nitrogens with zero attached hydrogens (tertiary/aromatic N) is 1. The predicted octanol–water partition coefficient (Wildman–Crippen LogP) is 3.86. The van der Waals surface area contributed by atoms with Crippen molar-refractivity contribution in [3.8, 4) is 0 Å². The van der Waals surface area contributed by atoms with Gasteiger partial charge in [-0.05, 0) is 30.7 Å². The lowest BCUT2D eigenvalue weighted by molar-refractivity contribution is 0.378. The number of aromatic nitrogens is 1. The Morgan fingerprint density at radius 2 is 2.31 bits per heavy atom. The summed E-state index contributed by atoms with van der Waals surface area (Å²) in [6.45, 7) is 4.47. The lowest BCUT2D eigenvalue weighted by atomic mass is 9.92. The van der Waals surface area contributed by atoms with Gasteiger partial charge in [0, 0.05) is 12.2 Å². The summed E-state index contributed by atoms with van der Waals surface area (Å²) in [5, 5.41) is 3.48. The van der Waals surface area contributed by atoms with Crippen LogP contribution in [0.15, 0.2) is 12.3 Å². The maximum absolute atomic E-state index is 13.5. The van der Waals surface area contributed by atoms with Gasteiger partial charge in [-0.1, -0.05) is 25.4 Å². The molecule has 1 aliphatic carbocycles. The second kappa shape index (κ2) is 4.21. The van der Waals surface area contributed by atoms with Gasteiger partial charge in [0.15, 0.2) is 11.6 Å². The predicted molar refractivity (Wildman–Crippen MR) is 64.2 cm³/mol. The van der Waals surface area contributed by atoms with Gasteiger partial charge in [-0.2, -0.15) is 0 Å². The van der Waals surface area contributed by atoms with Crippen molar-refractivity contribution in [1.82, 2.24) is 4.98 Å². The number of hydrogen-bond donors (Lipinski definition) is 1. The highest BCUT2D eigenvalue weighted by molar-refractivity contribution is 6.30. The van der Waals surface area contributed by atoms with Crippen LogP contribution in [0.2, 0.25) is 5.02 Å². The molecule has 0 aliphatic heterocycles. The fraction of sp³-hybridized carbons (Fsp3) is 0.583. The van der Waals surface area contributed by atoms with E-state index in [0.717, 1.165) is 12.8 Å². The normalized spacial score (nSPS) is 23.4. The SMILES string of the molecule is CC1(C)CCC(Nc2ncc(Cl)cc2F)C1. The number of pyridine rings is 1. The Hall–Kier alpha value is -0.830. The summed E-state index contributed by atoms with van der Waals surface area (Å²) >= 11 is 5.65. The molecule has 2 rings (SSSR count). The first-order chi connectivity index (χ1) is 7.46. The zero-order valence-electron chi connectivity index (χ0n) is 9.56. The molecular formula is C12H16ClFN2. The minimum atomic E-state index is -0.378. The van der Waals surface area contributed by atoms with Gasteiger partial charge in [-0.15, -0.1) is 0 Å². The standard InChI is InChI=1S/C12H16ClFN2/c1-12(2)4-3-9(6-12)16-11-10(14)5-8(13)7-15-11/h5,7,9H,3-4,6H2,1-2H3,(H,15,16). The summed E-state index contributed by atoms with van der Waals surface area (Å²) in [4.78, 5) is 3.97. The molecule has 1 fully saturated rings. The van der Waals surface area contributed by atoms with Crippen molar-refractivity contribution in [3.05, 3.63) is 23.1 Å². The Morgan fingerprint density at radius 1 is 1.56 bits per heavy atom. The van der Waals surface area contributed by atoms with Gasteiger partial charge in [0.2, 0.25) is 0 Å². The Labute approximate surface area is 100 Å². The van der Waals surface area contributed by atoms with Crippen molar-refractivity contribution >= 4 is 17.4 Å². The van der Waals surface area contributed by atoms with Crippen LogP contribution in [-0.2, 0) is 0 Å². The molecule has 0 radical (unpaired) electrons. The van der Waals surface area contributed by atoms with Gasteiger partial charge < -0.3 is 5.32 Å². The third kappa shape index (κ3) is 2.64. The highest BCUT2D eigenvalue weighted by Gasteiger charge is 2.31. The van der Waals surface area contributed by atoms with Crippen LogP contribution < -0.4 is 5.32 Å². The molecule has 4 heteroatoms. The minimum Gasteiger partial charge on any atom is -0.365 e. The Bertz CT molecular complexity index is 393. The Kier molecular flexibility index (Phi) is 3.06. The lowest BCUT2D eigenvalue weighted by Gasteiger charge is -2.18. The van der Waals surface area contributed by atoms with Crippen LogP contribution in [0.3, 0.4) is 0 Å². The average molecular weight is 243 g/mol. The summed E-state index contributed by atoms with van der Waals surface area (Å²) in [6, 6.07) is 1.61. The van der Waals surface area contributed by atoms with Gasteiger partial charge in [-0.3, -0.25) is 0 Å². The molecular weight excluding hydrogens is 227 g/mol. The molecule has 0 amide bonds. The lowest BCUT2D eigenvalue weighted by Crippen LogP contribution is -2.19. The second-order valence-electron chi connectivity index (χ2n) is 5.23. The molecule has 1 unspecified atom stereocenters. The van der Waals surface area contributed by atoms with Crippen molar-refractivity contribution in [2.45, 2.75) is 39.2 Å². The van der Waals surface area contributed by atoms with Crippen LogP contribution in [0.4, 0.5) is 10.2 Å². The number of anilines is 1. The summed E-state index contributed by atoms with van der Waals surface area (Å²) < 4.78 is 13.5. The molecule has 16 heavy (non-hydrogen) atoms. The van der Waals surface area contributed by atoms with Crippen LogP contribution in [0.5, 0.6) is 0 Å². The van der Waals surface area contributed by atoms with Crippen LogP contribution in [0.25, 0.3) is 0 Å². The van der Waals surface area contributed by atoms with Gasteiger partial charge in [0.1, 0.15) is 0 Å². The topological polar surface area (TPSA) is 24.9 Å². The van der Waals surface area contributed by atoms with E-state index in [1.807, 2.05) is 0 Å². The Morgan fingerprint density at radius 3 is 2.88 bits per heavy atom. The fourth-order valence-electron chi connectivity index (χ4n) is 2.27. The van der Waals surface area contributed by atoms with Gasteiger partial charge in [-0.25, -0.2) is 9.37 Å². The van der Waals surface area contributed by atoms with E-state index in [1.165, 1.54) is 18.7 Å². The molecule has 1 aliphatic rings. The summed E-state index contributed by atoms with van der Waals surface area (Å²) in [5.74, 6) is -0.0655. The highest BCUT2D eigenvalue weighted by Crippen LogP contribution is 2.38. The van der Waals surface area contributed by atoms with Gasteiger partial charge in [0.25, 0.3) is 0 Å². The Balaban J connectivity index is 2.05. The molecule has 0 spiro atoms. The monoisotopic (exact) mass is 242 g/mol. The second-order valence-corrected chi connectivity index (χ2v) is 5.67. The molecule has 0 aromatic carbocycles. The van der Waals surface area contributed by atoms with Crippen molar-refractivity contribution in [3.63, 3.8) is 0 Å². The molecule has 0 bridgehead atoms. The van der Waals surface area contributed by atoms with Crippen molar-refractivity contribution < 1.29 is 4.39 Å². The number of rotatable bonds is 2. The maximum atomic E-state index is 13.5. The average Bonchev–Trinajstić information content (AvgIpc) is 2.51. The molecule has 1 saturated carbocycles. The molecule has 0 saturated heterocycles. The van der Waals surface area contributed by atoms with E-state index >= 15 is 0 Å². The number of nitrogens with one attached hydrogen (secondary N) is 1. The molecule has 1 N–H and O–H groups in total. The van der Waals surface area contributed by atoms with Gasteiger partial charge >= 0.3 is 0 Å². The van der Waals surface area contributed by atoms with E-state index in [2.05, 4.69) is 24.1 Å². The third-order valence-electron chi connectivity index (χ3n) is 3.12. The summed E-state index contributed by atoms with van der Waals surface area (Å²) in [6.07, 6.45) is 4.75. The highest BCUT2D eigenvalue weighted by atomic mass is 35.5. The number of hydrogen-bond acceptors (Lipinski definition) is 2. The minimum absolute atomic E-state index is 0.312. The van der Waals surface area contributed by atoms with Crippen molar-refractivity contribution in [1.29, 1.82) is 0 Å². The van der Waals surface area contributed by atoms with Crippen LogP contribution in [0, 0.1) is 11.2 Å². The molecule has 88 valence electrons. The summed E-state index contributed by atoms with van der Waals surface area (Å²) in [5.41, 5.74) is 0.348. The fourth-order valence-corrected chi connectivity index (χ4v) is 2.42. The molecule has 1 aromatic heterocycles. The van der Waals surface area contributed by atoms with E-state index < -0.39 is 0 Å². The zero-order chi connectivity index (χ0) is 11.8. The molecule has 2 nitrogen and oxygen atoms in total. The van der Waals surface area contributed by atoms with Crippen molar-refractivity contribution in [2.75, 3.05) is 5.32 Å². The number of halogens is 2. The maximum Gasteiger partial charge on any atom is 0.166 e. The van der Waals surface area contributed by atoms with E-state index in [-0.39, 0.29) is 5.82 Å². The van der Waals surface area contributed by atoms with E-state index in [0.29, 0.717) is 22.3 Å². The van der Waals surface area contributed by atoms with Crippen LogP contribution in [-0.4, -0.2) is 11.0 Å². The molecule has 1 atom stereocenters. The zero-order valence-corrected chi connectivity index (χ0v) is 10.3.